The van der Waals surface area contributed by atoms with E-state index in [1.54, 1.807) is 0 Å². The molecule has 0 atom stereocenters. The molecule has 0 amide bonds. The topological polar surface area (TPSA) is 0 Å². The summed E-state index contributed by atoms with van der Waals surface area (Å²) in [4.78, 5) is 0. The molecule has 0 saturated heterocycles. The summed E-state index contributed by atoms with van der Waals surface area (Å²) in [6.07, 6.45) is 11.1. The molecule has 2 heteroatoms. The van der Waals surface area contributed by atoms with Crippen LogP contribution in [0.4, 0.5) is 0 Å². The summed E-state index contributed by atoms with van der Waals surface area (Å²) in [6, 6.07) is 0. The zero-order chi connectivity index (χ0) is 13.0. The minimum Gasteiger partial charge on any atom is -1.00 e. The molecule has 0 heterocycles. The van der Waals surface area contributed by atoms with Crippen molar-refractivity contribution in [2.75, 3.05) is 26.2 Å². The van der Waals surface area contributed by atoms with Crippen molar-refractivity contribution in [3.8, 4) is 0 Å². The molecule has 0 aliphatic heterocycles. The van der Waals surface area contributed by atoms with Crippen molar-refractivity contribution in [1.82, 2.24) is 0 Å². The van der Waals surface area contributed by atoms with Crippen LogP contribution >= 0.6 is 0 Å². The number of rotatable bonds is 12. The molecule has 1 nitrogen and oxygen atoms in total. The molecule has 0 aromatic carbocycles. The van der Waals surface area contributed by atoms with Crippen LogP contribution in [0, 0.1) is 0 Å². The van der Waals surface area contributed by atoms with Crippen LogP contribution < -0.4 is 0 Å². The van der Waals surface area contributed by atoms with Gasteiger partial charge < -0.3 is 5.91 Å². The SMILES string of the molecule is CCCC[N+](CCCC)(CCCC)CCCC.[B].[H-]. The van der Waals surface area contributed by atoms with Gasteiger partial charge in [0.25, 0.3) is 0 Å². The fourth-order valence-electron chi connectivity index (χ4n) is 2.64. The number of hydrogen-bond acceptors (Lipinski definition) is 0. The smallest absolute Gasteiger partial charge is 0.0786 e. The van der Waals surface area contributed by atoms with Gasteiger partial charge in [-0.2, -0.15) is 0 Å². The van der Waals surface area contributed by atoms with Crippen LogP contribution in [-0.2, 0) is 0 Å². The summed E-state index contributed by atoms with van der Waals surface area (Å²) in [5, 5.41) is 0. The Labute approximate surface area is 120 Å². The van der Waals surface area contributed by atoms with Gasteiger partial charge >= 0.3 is 0 Å². The van der Waals surface area contributed by atoms with Gasteiger partial charge in [0.2, 0.25) is 0 Å². The van der Waals surface area contributed by atoms with Crippen molar-refractivity contribution in [1.29, 1.82) is 0 Å². The van der Waals surface area contributed by atoms with Crippen molar-refractivity contribution in [2.45, 2.75) is 79.1 Å². The Hall–Kier alpha value is 0.0249. The van der Waals surface area contributed by atoms with E-state index in [2.05, 4.69) is 27.7 Å². The molecule has 0 N–H and O–H groups in total. The first-order valence-corrected chi connectivity index (χ1v) is 8.09. The Bertz CT molecular complexity index is 127. The second kappa shape index (κ2) is 13.5. The first kappa shape index (κ1) is 20.3. The first-order chi connectivity index (χ1) is 8.24. The van der Waals surface area contributed by atoms with Crippen molar-refractivity contribution >= 4 is 8.41 Å². The fraction of sp³-hybridized carbons (Fsp3) is 1.00. The second-order valence-corrected chi connectivity index (χ2v) is 5.65. The van der Waals surface area contributed by atoms with E-state index in [1.165, 1.54) is 82.0 Å². The predicted molar refractivity (Wildman–Crippen MR) is 86.2 cm³/mol. The average molecular weight is 254 g/mol. The molecule has 0 saturated carbocycles. The van der Waals surface area contributed by atoms with Gasteiger partial charge in [-0.1, -0.05) is 53.4 Å². The van der Waals surface area contributed by atoms with Crippen LogP contribution in [0.5, 0.6) is 0 Å². The molecule has 0 bridgehead atoms. The minimum atomic E-state index is 0. The van der Waals surface area contributed by atoms with E-state index in [4.69, 9.17) is 0 Å². The molecule has 0 aliphatic carbocycles. The molecule has 18 heavy (non-hydrogen) atoms. The molecule has 0 aromatic heterocycles. The minimum absolute atomic E-state index is 0. The molecule has 3 radical (unpaired) electrons. The third-order valence-electron chi connectivity index (χ3n) is 3.94. The highest BCUT2D eigenvalue weighted by molar-refractivity contribution is 5.75. The highest BCUT2D eigenvalue weighted by Crippen LogP contribution is 2.16. The van der Waals surface area contributed by atoms with Crippen molar-refractivity contribution in [3.05, 3.63) is 0 Å². The molecule has 0 unspecified atom stereocenters. The highest BCUT2D eigenvalue weighted by Gasteiger charge is 2.24. The quantitative estimate of drug-likeness (QED) is 0.349. The summed E-state index contributed by atoms with van der Waals surface area (Å²) in [7, 11) is 0. The van der Waals surface area contributed by atoms with Crippen LogP contribution in [0.3, 0.4) is 0 Å². The van der Waals surface area contributed by atoms with E-state index in [0.717, 1.165) is 0 Å². The van der Waals surface area contributed by atoms with Gasteiger partial charge in [-0.15, -0.1) is 0 Å². The summed E-state index contributed by atoms with van der Waals surface area (Å²) >= 11 is 0. The summed E-state index contributed by atoms with van der Waals surface area (Å²) in [6.45, 7) is 15.0. The zero-order valence-electron chi connectivity index (χ0n) is 14.5. The van der Waals surface area contributed by atoms with Crippen molar-refractivity contribution in [2.24, 2.45) is 0 Å². The monoisotopic (exact) mass is 254 g/mol. The predicted octanol–water partition coefficient (Wildman–Crippen LogP) is 4.74. The summed E-state index contributed by atoms with van der Waals surface area (Å²) < 4.78 is 1.42. The molecular weight excluding hydrogens is 217 g/mol. The van der Waals surface area contributed by atoms with Gasteiger partial charge in [0.05, 0.1) is 26.2 Å². The summed E-state index contributed by atoms with van der Waals surface area (Å²) in [5.74, 6) is 0. The Morgan fingerprint density at radius 3 is 0.944 bits per heavy atom. The third-order valence-corrected chi connectivity index (χ3v) is 3.94. The van der Waals surface area contributed by atoms with E-state index < -0.39 is 0 Å². The molecule has 0 aliphatic rings. The van der Waals surface area contributed by atoms with Gasteiger partial charge in [0, 0.05) is 8.41 Å². The van der Waals surface area contributed by atoms with Crippen LogP contribution in [0.15, 0.2) is 0 Å². The van der Waals surface area contributed by atoms with E-state index in [-0.39, 0.29) is 9.84 Å². The third kappa shape index (κ3) is 9.02. The van der Waals surface area contributed by atoms with Gasteiger partial charge in [-0.25, -0.2) is 0 Å². The number of nitrogens with zero attached hydrogens (tertiary/aromatic N) is 1. The number of quaternary nitrogens is 1. The summed E-state index contributed by atoms with van der Waals surface area (Å²) in [5.41, 5.74) is 0. The maximum absolute atomic E-state index is 2.33. The van der Waals surface area contributed by atoms with Gasteiger partial charge in [0.1, 0.15) is 0 Å². The lowest BCUT2D eigenvalue weighted by Gasteiger charge is -2.39. The van der Waals surface area contributed by atoms with E-state index >= 15 is 0 Å². The zero-order valence-corrected chi connectivity index (χ0v) is 13.5. The first-order valence-electron chi connectivity index (χ1n) is 8.09. The fourth-order valence-corrected chi connectivity index (χ4v) is 2.64. The second-order valence-electron chi connectivity index (χ2n) is 5.65. The lowest BCUT2D eigenvalue weighted by Crippen LogP contribution is -2.50. The normalized spacial score (nSPS) is 11.3. The maximum Gasteiger partial charge on any atom is 0.0786 e. The van der Waals surface area contributed by atoms with E-state index in [1.807, 2.05) is 0 Å². The number of unbranched alkanes of at least 4 members (excludes halogenated alkanes) is 4. The van der Waals surface area contributed by atoms with Crippen LogP contribution in [0.2, 0.25) is 0 Å². The maximum atomic E-state index is 2.33. The van der Waals surface area contributed by atoms with Crippen molar-refractivity contribution < 1.29 is 5.91 Å². The lowest BCUT2D eigenvalue weighted by molar-refractivity contribution is -0.929. The largest absolute Gasteiger partial charge is 1.00 e. The lowest BCUT2D eigenvalue weighted by atomic mass is 10.1. The Morgan fingerprint density at radius 1 is 0.556 bits per heavy atom. The van der Waals surface area contributed by atoms with Gasteiger partial charge in [-0.05, 0) is 25.7 Å². The molecule has 0 rings (SSSR count). The molecule has 0 aromatic rings. The van der Waals surface area contributed by atoms with E-state index in [0.29, 0.717) is 0 Å². The Morgan fingerprint density at radius 2 is 0.778 bits per heavy atom. The number of hydrogen-bond donors (Lipinski definition) is 0. The molecular formula is C16H37BN. The Balaban J connectivity index is -0.00000128. The highest BCUT2D eigenvalue weighted by atomic mass is 15.3. The van der Waals surface area contributed by atoms with Crippen LogP contribution in [-0.4, -0.2) is 39.1 Å². The molecule has 109 valence electrons. The Kier molecular flexibility index (Phi) is 15.2. The molecule has 0 fully saturated rings. The van der Waals surface area contributed by atoms with E-state index in [9.17, 15) is 0 Å². The van der Waals surface area contributed by atoms with Crippen LogP contribution in [0.25, 0.3) is 0 Å². The average Bonchev–Trinajstić information content (AvgIpc) is 2.37. The van der Waals surface area contributed by atoms with Crippen molar-refractivity contribution in [3.63, 3.8) is 0 Å². The van der Waals surface area contributed by atoms with Crippen LogP contribution in [0.1, 0.15) is 80.5 Å². The van der Waals surface area contributed by atoms with Gasteiger partial charge in [0.15, 0.2) is 0 Å². The standard InChI is InChI=1S/C16H36N.B.H/c1-5-9-13-17(14-10-6-2,15-11-7-3)16-12-8-4;;/h5-16H2,1-4H3;;/q+1;;-1. The van der Waals surface area contributed by atoms with Gasteiger partial charge in [-0.3, -0.25) is 0 Å². The molecule has 0 spiro atoms.